The smallest absolute Gasteiger partial charge is 0.287 e. The SMILES string of the molecule is N#CC1(NC(=O)C2(NC(=O)c3cc4ccc(-c5ccc6c(c5)C=CS6(O)O)cc4o3)CCC(F)(F)CC2)CC1. The predicted molar refractivity (Wildman–Crippen MR) is 141 cm³/mol. The van der Waals surface area contributed by atoms with Crippen LogP contribution >= 0.6 is 10.6 Å². The van der Waals surface area contributed by atoms with E-state index in [1.807, 2.05) is 12.1 Å². The number of nitrogens with zero attached hydrogens (tertiary/aromatic N) is 1. The Morgan fingerprint density at radius 3 is 2.33 bits per heavy atom. The predicted octanol–water partition coefficient (Wildman–Crippen LogP) is 6.04. The third kappa shape index (κ3) is 4.58. The van der Waals surface area contributed by atoms with Gasteiger partial charge in [-0.05, 0) is 72.7 Å². The molecule has 2 aromatic carbocycles. The normalized spacial score (nSPS) is 21.9. The molecule has 11 heteroatoms. The van der Waals surface area contributed by atoms with Crippen molar-refractivity contribution in [1.29, 1.82) is 5.26 Å². The molecule has 2 fully saturated rings. The van der Waals surface area contributed by atoms with Crippen molar-refractivity contribution < 1.29 is 31.9 Å². The van der Waals surface area contributed by atoms with Crippen LogP contribution < -0.4 is 10.6 Å². The average Bonchev–Trinajstić information content (AvgIpc) is 3.43. The maximum absolute atomic E-state index is 14.0. The lowest BCUT2D eigenvalue weighted by Gasteiger charge is -2.39. The number of carbonyl (C=O) groups is 2. The maximum Gasteiger partial charge on any atom is 0.287 e. The minimum absolute atomic E-state index is 0.0705. The van der Waals surface area contributed by atoms with Crippen molar-refractivity contribution in [3.63, 3.8) is 0 Å². The van der Waals surface area contributed by atoms with Gasteiger partial charge in [-0.25, -0.2) is 8.78 Å². The molecule has 2 saturated carbocycles. The van der Waals surface area contributed by atoms with Crippen molar-refractivity contribution in [2.24, 2.45) is 0 Å². The number of rotatable bonds is 5. The molecular formula is C28H25F2N3O5S. The molecule has 0 radical (unpaired) electrons. The van der Waals surface area contributed by atoms with Gasteiger partial charge in [-0.1, -0.05) is 18.2 Å². The molecule has 0 unspecified atom stereocenters. The molecule has 6 rings (SSSR count). The maximum atomic E-state index is 14.0. The zero-order valence-corrected chi connectivity index (χ0v) is 21.5. The lowest BCUT2D eigenvalue weighted by molar-refractivity contribution is -0.133. The van der Waals surface area contributed by atoms with Crippen LogP contribution in [0, 0.1) is 11.3 Å². The molecule has 0 atom stereocenters. The first-order valence-corrected chi connectivity index (χ1v) is 14.1. The van der Waals surface area contributed by atoms with Crippen molar-refractivity contribution in [2.45, 2.75) is 60.4 Å². The molecule has 8 nitrogen and oxygen atoms in total. The summed E-state index contributed by atoms with van der Waals surface area (Å²) in [4.78, 5) is 26.9. The van der Waals surface area contributed by atoms with Gasteiger partial charge in [0.1, 0.15) is 16.7 Å². The Labute approximate surface area is 224 Å². The van der Waals surface area contributed by atoms with E-state index in [9.17, 15) is 32.7 Å². The summed E-state index contributed by atoms with van der Waals surface area (Å²) < 4.78 is 54.0. The van der Waals surface area contributed by atoms with Crippen LogP contribution in [0.2, 0.25) is 0 Å². The van der Waals surface area contributed by atoms with E-state index in [1.54, 1.807) is 30.3 Å². The number of nitrogens with one attached hydrogen (secondary N) is 2. The molecule has 0 spiro atoms. The molecule has 4 N–H and O–H groups in total. The van der Waals surface area contributed by atoms with E-state index >= 15 is 0 Å². The topological polar surface area (TPSA) is 136 Å². The molecule has 1 aromatic heterocycles. The van der Waals surface area contributed by atoms with Gasteiger partial charge in [0.15, 0.2) is 5.76 Å². The van der Waals surface area contributed by atoms with Gasteiger partial charge in [0.25, 0.3) is 5.91 Å². The summed E-state index contributed by atoms with van der Waals surface area (Å²) in [5.74, 6) is -4.34. The quantitative estimate of drug-likeness (QED) is 0.304. The number of amides is 2. The van der Waals surface area contributed by atoms with Gasteiger partial charge in [-0.15, -0.1) is 10.6 Å². The Balaban J connectivity index is 1.26. The number of benzene rings is 2. The highest BCUT2D eigenvalue weighted by Crippen LogP contribution is 2.56. The van der Waals surface area contributed by atoms with Crippen molar-refractivity contribution in [2.75, 3.05) is 0 Å². The molecule has 2 amide bonds. The zero-order chi connectivity index (χ0) is 27.6. The fourth-order valence-electron chi connectivity index (χ4n) is 5.15. The summed E-state index contributed by atoms with van der Waals surface area (Å²) in [6.45, 7) is 0. The number of alkyl halides is 2. The third-order valence-electron chi connectivity index (χ3n) is 7.79. The average molecular weight is 554 g/mol. The molecule has 0 saturated heterocycles. The van der Waals surface area contributed by atoms with E-state index in [1.165, 1.54) is 11.5 Å². The first kappa shape index (κ1) is 25.6. The molecule has 2 heterocycles. The van der Waals surface area contributed by atoms with Gasteiger partial charge in [0.2, 0.25) is 11.8 Å². The Kier molecular flexibility index (Phi) is 5.66. The molecular weight excluding hydrogens is 528 g/mol. The Morgan fingerprint density at radius 1 is 0.949 bits per heavy atom. The van der Waals surface area contributed by atoms with Gasteiger partial charge >= 0.3 is 0 Å². The van der Waals surface area contributed by atoms with Crippen LogP contribution in [-0.2, 0) is 4.79 Å². The summed E-state index contributed by atoms with van der Waals surface area (Å²) in [7, 11) is -2.91. The minimum atomic E-state index is -2.93. The van der Waals surface area contributed by atoms with Crippen LogP contribution in [-0.4, -0.2) is 37.9 Å². The first-order valence-electron chi connectivity index (χ1n) is 12.5. The number of fused-ring (bicyclic) bond motifs is 2. The van der Waals surface area contributed by atoms with E-state index < -0.39 is 52.2 Å². The monoisotopic (exact) mass is 553 g/mol. The van der Waals surface area contributed by atoms with Gasteiger partial charge in [-0.3, -0.25) is 18.7 Å². The zero-order valence-electron chi connectivity index (χ0n) is 20.7. The van der Waals surface area contributed by atoms with Gasteiger partial charge in [-0.2, -0.15) is 5.26 Å². The van der Waals surface area contributed by atoms with E-state index in [4.69, 9.17) is 4.42 Å². The van der Waals surface area contributed by atoms with Crippen molar-refractivity contribution in [3.8, 4) is 17.2 Å². The van der Waals surface area contributed by atoms with Crippen LogP contribution in [0.4, 0.5) is 8.78 Å². The lowest BCUT2D eigenvalue weighted by atomic mass is 9.78. The third-order valence-corrected chi connectivity index (χ3v) is 9.32. The second kappa shape index (κ2) is 8.64. The molecule has 3 aromatic rings. The van der Waals surface area contributed by atoms with Crippen molar-refractivity contribution >= 4 is 39.4 Å². The first-order chi connectivity index (χ1) is 18.4. The molecule has 202 valence electrons. The summed E-state index contributed by atoms with van der Waals surface area (Å²) in [6, 6.07) is 14.2. The van der Waals surface area contributed by atoms with Crippen LogP contribution in [0.25, 0.3) is 28.2 Å². The lowest BCUT2D eigenvalue weighted by Crippen LogP contribution is -2.62. The van der Waals surface area contributed by atoms with E-state index in [2.05, 4.69) is 16.7 Å². The Bertz CT molecular complexity index is 1590. The van der Waals surface area contributed by atoms with E-state index in [0.717, 1.165) is 11.1 Å². The van der Waals surface area contributed by atoms with Crippen LogP contribution in [0.5, 0.6) is 0 Å². The van der Waals surface area contributed by atoms with Crippen LogP contribution in [0.1, 0.15) is 54.6 Å². The van der Waals surface area contributed by atoms with Gasteiger partial charge in [0.05, 0.1) is 11.0 Å². The Hall–Kier alpha value is -3.72. The van der Waals surface area contributed by atoms with Crippen molar-refractivity contribution in [3.05, 3.63) is 59.2 Å². The highest BCUT2D eigenvalue weighted by atomic mass is 32.3. The van der Waals surface area contributed by atoms with Gasteiger partial charge < -0.3 is 15.1 Å². The molecule has 0 bridgehead atoms. The number of hydrogen-bond donors (Lipinski definition) is 4. The standard InChI is InChI=1S/C28H25F2N3O5S/c29-28(30)10-8-27(9-11-28,25(35)33-26(16-31)6-7-26)32-24(34)22-15-19-2-1-18(14-21(19)38-22)17-3-4-23-20(13-17)5-12-39(23,36)37/h1-5,12-15,36-37H,6-11H2,(H,32,34)(H,33,35). The second-order valence-electron chi connectivity index (χ2n) is 10.6. The van der Waals surface area contributed by atoms with Crippen LogP contribution in [0.15, 0.2) is 57.2 Å². The fourth-order valence-corrected chi connectivity index (χ4v) is 6.38. The number of nitriles is 1. The Morgan fingerprint density at radius 2 is 1.64 bits per heavy atom. The number of halogens is 2. The minimum Gasteiger partial charge on any atom is -0.451 e. The summed E-state index contributed by atoms with van der Waals surface area (Å²) in [6.07, 6.45) is 0.968. The van der Waals surface area contributed by atoms with E-state index in [0.29, 0.717) is 34.3 Å². The fraction of sp³-hybridized carbons (Fsp3) is 0.321. The largest absolute Gasteiger partial charge is 0.451 e. The van der Waals surface area contributed by atoms with Gasteiger partial charge in [0, 0.05) is 23.6 Å². The highest BCUT2D eigenvalue weighted by Gasteiger charge is 2.53. The highest BCUT2D eigenvalue weighted by molar-refractivity contribution is 8.27. The molecule has 1 aliphatic heterocycles. The molecule has 39 heavy (non-hydrogen) atoms. The molecule has 3 aliphatic rings. The summed E-state index contributed by atoms with van der Waals surface area (Å²) >= 11 is 0. The number of carbonyl (C=O) groups excluding carboxylic acids is 2. The molecule has 2 aliphatic carbocycles. The summed E-state index contributed by atoms with van der Waals surface area (Å²) in [5, 5.41) is 16.7. The van der Waals surface area contributed by atoms with Crippen molar-refractivity contribution in [1.82, 2.24) is 10.6 Å². The van der Waals surface area contributed by atoms with E-state index in [-0.39, 0.29) is 18.6 Å². The second-order valence-corrected chi connectivity index (χ2v) is 12.4. The summed E-state index contributed by atoms with van der Waals surface area (Å²) in [5.41, 5.74) is 0.120. The van der Waals surface area contributed by atoms with Crippen LogP contribution in [0.3, 0.4) is 0 Å². The number of furan rings is 1. The number of hydrogen-bond acceptors (Lipinski definition) is 6.